The fourth-order valence-corrected chi connectivity index (χ4v) is 4.46. The third kappa shape index (κ3) is 3.44. The summed E-state index contributed by atoms with van der Waals surface area (Å²) in [6.45, 7) is 4.23. The first-order chi connectivity index (χ1) is 16.7. The van der Waals surface area contributed by atoms with Crippen molar-refractivity contribution in [2.45, 2.75) is 19.8 Å². The first kappa shape index (κ1) is 20.3. The number of benzene rings is 4. The van der Waals surface area contributed by atoms with Crippen LogP contribution in [0.1, 0.15) is 25.6 Å². The highest BCUT2D eigenvalue weighted by molar-refractivity contribution is 6.10. The molecule has 4 nitrogen and oxygen atoms in total. The molecule has 0 aliphatic heterocycles. The molecule has 0 N–H and O–H groups in total. The van der Waals surface area contributed by atoms with Gasteiger partial charge >= 0.3 is 0 Å². The number of aromatic nitrogens is 4. The van der Waals surface area contributed by atoms with Gasteiger partial charge < -0.3 is 4.57 Å². The molecule has 6 rings (SSSR count). The molecule has 0 spiro atoms. The Labute approximate surface area is 198 Å². The lowest BCUT2D eigenvalue weighted by atomic mass is 10.1. The number of hydrogen-bond donors (Lipinski definition) is 0. The van der Waals surface area contributed by atoms with Crippen LogP contribution in [-0.4, -0.2) is 19.5 Å². The Hall–Kier alpha value is -4.31. The zero-order chi connectivity index (χ0) is 23.1. The van der Waals surface area contributed by atoms with Crippen LogP contribution in [0.3, 0.4) is 0 Å². The van der Waals surface area contributed by atoms with E-state index in [1.54, 1.807) is 0 Å². The molecule has 0 saturated heterocycles. The molecule has 0 bridgehead atoms. The number of hydrogen-bond acceptors (Lipinski definition) is 3. The summed E-state index contributed by atoms with van der Waals surface area (Å²) in [5.74, 6) is 2.40. The van der Waals surface area contributed by atoms with Crippen molar-refractivity contribution in [3.63, 3.8) is 0 Å². The summed E-state index contributed by atoms with van der Waals surface area (Å²) in [7, 11) is 0. The van der Waals surface area contributed by atoms with Crippen molar-refractivity contribution in [2.24, 2.45) is 0 Å². The average molecular weight is 441 g/mol. The van der Waals surface area contributed by atoms with E-state index in [-0.39, 0.29) is 5.92 Å². The van der Waals surface area contributed by atoms with Gasteiger partial charge in [-0.15, -0.1) is 0 Å². The predicted octanol–water partition coefficient (Wildman–Crippen LogP) is 7.43. The van der Waals surface area contributed by atoms with Crippen molar-refractivity contribution in [2.75, 3.05) is 0 Å². The van der Waals surface area contributed by atoms with E-state index in [4.69, 9.17) is 15.0 Å². The van der Waals surface area contributed by atoms with Crippen molar-refractivity contribution >= 4 is 21.8 Å². The molecule has 0 aliphatic rings. The SMILES string of the molecule is CC(C)c1nc(-c2ccccc2)nc(-c2ccc3c4ccccc4n(-c4ccccc4)c3c2)n1. The van der Waals surface area contributed by atoms with Gasteiger partial charge in [0.2, 0.25) is 0 Å². The fraction of sp³-hybridized carbons (Fsp3) is 0.100. The Kier molecular flexibility index (Phi) is 4.92. The van der Waals surface area contributed by atoms with Crippen molar-refractivity contribution < 1.29 is 0 Å². The van der Waals surface area contributed by atoms with Gasteiger partial charge in [-0.25, -0.2) is 15.0 Å². The molecule has 0 atom stereocenters. The standard InChI is InChI=1S/C30H24N4/c1-20(2)28-31-29(21-11-5-3-6-12-21)33-30(32-28)22-17-18-25-24-15-9-10-16-26(24)34(27(25)19-22)23-13-7-4-8-14-23/h3-20H,1-2H3. The summed E-state index contributed by atoms with van der Waals surface area (Å²) < 4.78 is 2.32. The van der Waals surface area contributed by atoms with Crippen LogP contribution in [0.15, 0.2) is 103 Å². The van der Waals surface area contributed by atoms with Crippen LogP contribution in [0.4, 0.5) is 0 Å². The largest absolute Gasteiger partial charge is 0.309 e. The second-order valence-electron chi connectivity index (χ2n) is 8.78. The van der Waals surface area contributed by atoms with Crippen LogP contribution in [0.2, 0.25) is 0 Å². The molecule has 4 aromatic carbocycles. The lowest BCUT2D eigenvalue weighted by Crippen LogP contribution is -2.04. The van der Waals surface area contributed by atoms with Crippen LogP contribution < -0.4 is 0 Å². The summed E-state index contributed by atoms with van der Waals surface area (Å²) in [5, 5.41) is 2.45. The smallest absolute Gasteiger partial charge is 0.163 e. The van der Waals surface area contributed by atoms with E-state index in [9.17, 15) is 0 Å². The summed E-state index contributed by atoms with van der Waals surface area (Å²) >= 11 is 0. The third-order valence-electron chi connectivity index (χ3n) is 6.15. The van der Waals surface area contributed by atoms with Gasteiger partial charge in [-0.1, -0.05) is 92.7 Å². The van der Waals surface area contributed by atoms with Crippen molar-refractivity contribution in [1.82, 2.24) is 19.5 Å². The molecule has 4 heteroatoms. The Morgan fingerprint density at radius 3 is 1.91 bits per heavy atom. The molecule has 6 aromatic rings. The van der Waals surface area contributed by atoms with E-state index in [1.807, 2.05) is 36.4 Å². The van der Waals surface area contributed by atoms with Gasteiger partial charge in [0.1, 0.15) is 5.82 Å². The number of fused-ring (bicyclic) bond motifs is 3. The molecule has 0 aliphatic carbocycles. The van der Waals surface area contributed by atoms with Crippen LogP contribution in [0.25, 0.3) is 50.3 Å². The van der Waals surface area contributed by atoms with Crippen LogP contribution >= 0.6 is 0 Å². The highest BCUT2D eigenvalue weighted by Crippen LogP contribution is 2.34. The minimum Gasteiger partial charge on any atom is -0.309 e. The van der Waals surface area contributed by atoms with Crippen LogP contribution in [-0.2, 0) is 0 Å². The van der Waals surface area contributed by atoms with Gasteiger partial charge in [0, 0.05) is 33.5 Å². The molecule has 164 valence electrons. The molecule has 0 fully saturated rings. The first-order valence-corrected chi connectivity index (χ1v) is 11.6. The van der Waals surface area contributed by atoms with Gasteiger partial charge in [-0.3, -0.25) is 0 Å². The van der Waals surface area contributed by atoms with E-state index in [1.165, 1.54) is 16.3 Å². The van der Waals surface area contributed by atoms with Gasteiger partial charge in [-0.2, -0.15) is 0 Å². The van der Waals surface area contributed by atoms with Gasteiger partial charge in [-0.05, 0) is 24.3 Å². The topological polar surface area (TPSA) is 43.6 Å². The maximum absolute atomic E-state index is 4.89. The second-order valence-corrected chi connectivity index (χ2v) is 8.78. The molecule has 0 unspecified atom stereocenters. The van der Waals surface area contributed by atoms with E-state index in [0.717, 1.165) is 28.2 Å². The van der Waals surface area contributed by atoms with Crippen molar-refractivity contribution in [3.8, 4) is 28.5 Å². The Morgan fingerprint density at radius 2 is 1.18 bits per heavy atom. The maximum Gasteiger partial charge on any atom is 0.163 e. The first-order valence-electron chi connectivity index (χ1n) is 11.6. The fourth-order valence-electron chi connectivity index (χ4n) is 4.46. The highest BCUT2D eigenvalue weighted by Gasteiger charge is 2.16. The number of nitrogens with zero attached hydrogens (tertiary/aromatic N) is 4. The molecular formula is C30H24N4. The van der Waals surface area contributed by atoms with Crippen molar-refractivity contribution in [3.05, 3.63) is 109 Å². The Balaban J connectivity index is 1.61. The van der Waals surface area contributed by atoms with E-state index >= 15 is 0 Å². The lowest BCUT2D eigenvalue weighted by molar-refractivity contribution is 0.766. The molecule has 0 radical (unpaired) electrons. The molecule has 0 saturated carbocycles. The Morgan fingerprint density at radius 1 is 0.559 bits per heavy atom. The maximum atomic E-state index is 4.89. The quantitative estimate of drug-likeness (QED) is 0.286. The van der Waals surface area contributed by atoms with Crippen LogP contribution in [0.5, 0.6) is 0 Å². The summed E-state index contributed by atoms with van der Waals surface area (Å²) in [5.41, 5.74) is 5.43. The van der Waals surface area contributed by atoms with Gasteiger partial charge in [0.15, 0.2) is 11.6 Å². The predicted molar refractivity (Wildman–Crippen MR) is 139 cm³/mol. The highest BCUT2D eigenvalue weighted by atomic mass is 15.0. The van der Waals surface area contributed by atoms with E-state index in [0.29, 0.717) is 11.6 Å². The third-order valence-corrected chi connectivity index (χ3v) is 6.15. The molecule has 2 aromatic heterocycles. The number of rotatable bonds is 4. The summed E-state index contributed by atoms with van der Waals surface area (Å²) in [4.78, 5) is 14.5. The zero-order valence-corrected chi connectivity index (χ0v) is 19.2. The minimum absolute atomic E-state index is 0.198. The lowest BCUT2D eigenvalue weighted by Gasteiger charge is -2.11. The van der Waals surface area contributed by atoms with E-state index in [2.05, 4.69) is 85.1 Å². The van der Waals surface area contributed by atoms with Crippen molar-refractivity contribution in [1.29, 1.82) is 0 Å². The van der Waals surface area contributed by atoms with Gasteiger partial charge in [0.05, 0.1) is 11.0 Å². The molecule has 2 heterocycles. The molecular weight excluding hydrogens is 416 g/mol. The monoisotopic (exact) mass is 440 g/mol. The summed E-state index contributed by atoms with van der Waals surface area (Å²) in [6.07, 6.45) is 0. The molecule has 0 amide bonds. The average Bonchev–Trinajstić information content (AvgIpc) is 3.23. The van der Waals surface area contributed by atoms with E-state index < -0.39 is 0 Å². The molecule has 34 heavy (non-hydrogen) atoms. The Bertz CT molecular complexity index is 1620. The van der Waals surface area contributed by atoms with Crippen LogP contribution in [0, 0.1) is 0 Å². The normalized spacial score (nSPS) is 11.5. The second kappa shape index (κ2) is 8.23. The minimum atomic E-state index is 0.198. The summed E-state index contributed by atoms with van der Waals surface area (Å²) in [6, 6.07) is 35.7. The number of para-hydroxylation sites is 2. The van der Waals surface area contributed by atoms with Gasteiger partial charge in [0.25, 0.3) is 0 Å². The zero-order valence-electron chi connectivity index (χ0n) is 19.2.